The first-order chi connectivity index (χ1) is 17.5. The van der Waals surface area contributed by atoms with Gasteiger partial charge < -0.3 is 9.47 Å². The van der Waals surface area contributed by atoms with Crippen molar-refractivity contribution in [3.63, 3.8) is 0 Å². The van der Waals surface area contributed by atoms with Crippen molar-refractivity contribution in [2.75, 3.05) is 0 Å². The highest BCUT2D eigenvalue weighted by Crippen LogP contribution is 2.53. The highest BCUT2D eigenvalue weighted by molar-refractivity contribution is 5.86. The lowest BCUT2D eigenvalue weighted by atomic mass is 9.79. The molecule has 0 aliphatic heterocycles. The molecule has 4 atom stereocenters. The second kappa shape index (κ2) is 11.0. The van der Waals surface area contributed by atoms with Crippen molar-refractivity contribution >= 4 is 11.9 Å². The predicted octanol–water partition coefficient (Wildman–Crippen LogP) is 8.35. The lowest BCUT2D eigenvalue weighted by molar-refractivity contribution is -0.152. The van der Waals surface area contributed by atoms with Gasteiger partial charge in [0.25, 0.3) is 0 Å². The normalized spacial score (nSPS) is 22.9. The fourth-order valence-corrected chi connectivity index (χ4v) is 6.62. The average Bonchev–Trinajstić information content (AvgIpc) is 3.45. The lowest BCUT2D eigenvalue weighted by Crippen LogP contribution is -2.39. The number of ether oxygens (including phenoxy) is 2. The molecule has 4 nitrogen and oxygen atoms in total. The lowest BCUT2D eigenvalue weighted by Gasteiger charge is -2.28. The quantitative estimate of drug-likeness (QED) is 0.268. The molecule has 2 aromatic rings. The number of esters is 2. The third-order valence-corrected chi connectivity index (χ3v) is 8.50. The summed E-state index contributed by atoms with van der Waals surface area (Å²) in [6.45, 7) is 17.4. The number of hydrogen-bond donors (Lipinski definition) is 0. The minimum Gasteiger partial charge on any atom is -0.426 e. The molecule has 4 heteroatoms. The zero-order chi connectivity index (χ0) is 27.0. The third-order valence-electron chi connectivity index (χ3n) is 8.50. The molecule has 2 aliphatic carbocycles. The Morgan fingerprint density at radius 1 is 0.595 bits per heavy atom. The number of rotatable bonds is 8. The topological polar surface area (TPSA) is 52.6 Å². The van der Waals surface area contributed by atoms with Crippen LogP contribution in [0.3, 0.4) is 0 Å². The molecule has 37 heavy (non-hydrogen) atoms. The van der Waals surface area contributed by atoms with Crippen LogP contribution in [0.5, 0.6) is 11.5 Å². The van der Waals surface area contributed by atoms with E-state index < -0.39 is 11.8 Å². The monoisotopic (exact) mass is 504 g/mol. The molecule has 0 spiro atoms. The molecule has 2 aromatic carbocycles. The van der Waals surface area contributed by atoms with Crippen LogP contribution < -0.4 is 9.47 Å². The maximum Gasteiger partial charge on any atom is 0.315 e. The van der Waals surface area contributed by atoms with Crippen molar-refractivity contribution in [1.82, 2.24) is 0 Å². The van der Waals surface area contributed by atoms with Crippen LogP contribution in [-0.2, 0) is 9.59 Å². The van der Waals surface area contributed by atoms with E-state index in [0.29, 0.717) is 35.2 Å². The van der Waals surface area contributed by atoms with E-state index in [0.717, 1.165) is 19.3 Å². The SMILES string of the molecule is CC(C)c1ccc(OC(=O)C2C3CCC(C3)C2C(=O)Oc2ccc(C(C)C)c(C(C)C)c2)cc1C(C)C. The van der Waals surface area contributed by atoms with Gasteiger partial charge >= 0.3 is 11.9 Å². The Labute approximate surface area is 223 Å². The van der Waals surface area contributed by atoms with E-state index >= 15 is 0 Å². The van der Waals surface area contributed by atoms with Crippen LogP contribution in [0.4, 0.5) is 0 Å². The number of carbonyl (C=O) groups is 2. The van der Waals surface area contributed by atoms with E-state index in [-0.39, 0.29) is 23.8 Å². The molecule has 2 bridgehead atoms. The summed E-state index contributed by atoms with van der Waals surface area (Å²) in [6, 6.07) is 11.9. The molecule has 0 heterocycles. The summed E-state index contributed by atoms with van der Waals surface area (Å²) in [7, 11) is 0. The highest BCUT2D eigenvalue weighted by Gasteiger charge is 2.55. The molecule has 4 rings (SSSR count). The molecular weight excluding hydrogens is 460 g/mol. The Kier molecular flexibility index (Phi) is 8.16. The first-order valence-corrected chi connectivity index (χ1v) is 14.2. The summed E-state index contributed by atoms with van der Waals surface area (Å²) >= 11 is 0. The van der Waals surface area contributed by atoms with Crippen molar-refractivity contribution in [2.45, 2.75) is 98.3 Å². The summed E-state index contributed by atoms with van der Waals surface area (Å²) in [5, 5.41) is 0. The van der Waals surface area contributed by atoms with E-state index in [1.54, 1.807) is 0 Å². The van der Waals surface area contributed by atoms with E-state index in [1.807, 2.05) is 24.3 Å². The van der Waals surface area contributed by atoms with Crippen LogP contribution >= 0.6 is 0 Å². The molecule has 0 radical (unpaired) electrons. The van der Waals surface area contributed by atoms with Gasteiger partial charge in [-0.2, -0.15) is 0 Å². The summed E-state index contributed by atoms with van der Waals surface area (Å²) in [4.78, 5) is 27.0. The van der Waals surface area contributed by atoms with E-state index in [2.05, 4.69) is 67.5 Å². The van der Waals surface area contributed by atoms with E-state index in [9.17, 15) is 9.59 Å². The van der Waals surface area contributed by atoms with Gasteiger partial charge in [-0.15, -0.1) is 0 Å². The predicted molar refractivity (Wildman–Crippen MR) is 148 cm³/mol. The minimum atomic E-state index is -0.446. The van der Waals surface area contributed by atoms with Crippen LogP contribution in [-0.4, -0.2) is 11.9 Å². The van der Waals surface area contributed by atoms with Crippen molar-refractivity contribution in [3.8, 4) is 11.5 Å². The second-order valence-electron chi connectivity index (χ2n) is 12.4. The molecular formula is C33H44O4. The van der Waals surface area contributed by atoms with Crippen LogP contribution in [0.15, 0.2) is 36.4 Å². The Hall–Kier alpha value is -2.62. The average molecular weight is 505 g/mol. The summed E-state index contributed by atoms with van der Waals surface area (Å²) < 4.78 is 11.9. The molecule has 2 fully saturated rings. The molecule has 0 N–H and O–H groups in total. The van der Waals surface area contributed by atoms with Crippen LogP contribution in [0, 0.1) is 23.7 Å². The van der Waals surface area contributed by atoms with Gasteiger partial charge in [-0.1, -0.05) is 67.5 Å². The molecule has 2 aliphatic rings. The molecule has 0 aromatic heterocycles. The molecule has 0 amide bonds. The van der Waals surface area contributed by atoms with Gasteiger partial charge in [0.1, 0.15) is 11.5 Å². The third kappa shape index (κ3) is 5.63. The largest absolute Gasteiger partial charge is 0.426 e. The maximum absolute atomic E-state index is 13.5. The first kappa shape index (κ1) is 27.4. The van der Waals surface area contributed by atoms with Gasteiger partial charge in [-0.3, -0.25) is 9.59 Å². The molecule has 4 unspecified atom stereocenters. The van der Waals surface area contributed by atoms with Gasteiger partial charge in [0, 0.05) is 0 Å². The summed E-state index contributed by atoms with van der Waals surface area (Å²) in [5.74, 6) is 1.49. The van der Waals surface area contributed by atoms with Crippen LogP contribution in [0.1, 0.15) is 121 Å². The van der Waals surface area contributed by atoms with Crippen LogP contribution in [0.25, 0.3) is 0 Å². The molecule has 200 valence electrons. The fourth-order valence-electron chi connectivity index (χ4n) is 6.62. The Bertz CT molecular complexity index is 1050. The maximum atomic E-state index is 13.5. The van der Waals surface area contributed by atoms with Crippen molar-refractivity contribution in [1.29, 1.82) is 0 Å². The van der Waals surface area contributed by atoms with Crippen molar-refractivity contribution < 1.29 is 19.1 Å². The Balaban J connectivity index is 1.54. The minimum absolute atomic E-state index is 0.184. The van der Waals surface area contributed by atoms with Gasteiger partial charge in [0.2, 0.25) is 0 Å². The van der Waals surface area contributed by atoms with Crippen LogP contribution in [0.2, 0.25) is 0 Å². The number of hydrogen-bond acceptors (Lipinski definition) is 4. The second-order valence-corrected chi connectivity index (χ2v) is 12.4. The highest BCUT2D eigenvalue weighted by atomic mass is 16.5. The van der Waals surface area contributed by atoms with E-state index in [4.69, 9.17) is 9.47 Å². The number of carbonyl (C=O) groups excluding carboxylic acids is 2. The summed E-state index contributed by atoms with van der Waals surface area (Å²) in [5.41, 5.74) is 4.96. The van der Waals surface area contributed by atoms with Crippen molar-refractivity contribution in [2.24, 2.45) is 23.7 Å². The Morgan fingerprint density at radius 2 is 0.946 bits per heavy atom. The number of benzene rings is 2. The first-order valence-electron chi connectivity index (χ1n) is 14.2. The zero-order valence-corrected chi connectivity index (χ0v) is 23.8. The van der Waals surface area contributed by atoms with Gasteiger partial charge in [0.15, 0.2) is 0 Å². The van der Waals surface area contributed by atoms with Gasteiger partial charge in [0.05, 0.1) is 11.8 Å². The van der Waals surface area contributed by atoms with E-state index in [1.165, 1.54) is 22.3 Å². The Morgan fingerprint density at radius 3 is 1.27 bits per heavy atom. The summed E-state index contributed by atoms with van der Waals surface area (Å²) in [6.07, 6.45) is 2.84. The van der Waals surface area contributed by atoms with Crippen molar-refractivity contribution in [3.05, 3.63) is 58.7 Å². The molecule has 0 saturated heterocycles. The number of fused-ring (bicyclic) bond motifs is 2. The fraction of sp³-hybridized carbons (Fsp3) is 0.576. The standard InChI is InChI=1S/C33H44O4/c1-18(2)26-13-11-24(16-28(26)20(5)6)36-32(34)30-22-9-10-23(15-22)31(30)33(35)37-25-12-14-27(19(3)4)29(17-25)21(7)8/h11-14,16-23,30-31H,9-10,15H2,1-8H3. The van der Waals surface area contributed by atoms with Gasteiger partial charge in [-0.05, 0) is 101 Å². The zero-order valence-electron chi connectivity index (χ0n) is 23.8. The smallest absolute Gasteiger partial charge is 0.315 e. The molecule has 2 saturated carbocycles. The van der Waals surface area contributed by atoms with Gasteiger partial charge in [-0.25, -0.2) is 0 Å².